The van der Waals surface area contributed by atoms with Gasteiger partial charge in [0.25, 0.3) is 0 Å². The van der Waals surface area contributed by atoms with Crippen LogP contribution in [-0.2, 0) is 14.9 Å². The molecule has 1 aromatic heterocycles. The zero-order valence-corrected chi connectivity index (χ0v) is 14.6. The number of carbonyl (C=O) groups excluding carboxylic acids is 2. The van der Waals surface area contributed by atoms with Gasteiger partial charge in [-0.3, -0.25) is 9.59 Å². The second kappa shape index (κ2) is 6.55. The van der Waals surface area contributed by atoms with Crippen molar-refractivity contribution in [3.05, 3.63) is 71.9 Å². The van der Waals surface area contributed by atoms with E-state index in [4.69, 9.17) is 4.74 Å². The van der Waals surface area contributed by atoms with E-state index >= 15 is 0 Å². The molecule has 0 saturated heterocycles. The highest BCUT2D eigenvalue weighted by atomic mass is 16.5. The molecule has 4 nitrogen and oxygen atoms in total. The van der Waals surface area contributed by atoms with Gasteiger partial charge in [-0.25, -0.2) is 0 Å². The highest BCUT2D eigenvalue weighted by Crippen LogP contribution is 2.26. The van der Waals surface area contributed by atoms with E-state index in [2.05, 4.69) is 4.98 Å². The summed E-state index contributed by atoms with van der Waals surface area (Å²) in [7, 11) is 0. The lowest BCUT2D eigenvalue weighted by Crippen LogP contribution is -2.35. The van der Waals surface area contributed by atoms with Gasteiger partial charge >= 0.3 is 5.97 Å². The van der Waals surface area contributed by atoms with Crippen molar-refractivity contribution in [2.24, 2.45) is 0 Å². The van der Waals surface area contributed by atoms with Gasteiger partial charge in [0.15, 0.2) is 6.10 Å². The second-order valence-corrected chi connectivity index (χ2v) is 6.65. The lowest BCUT2D eigenvalue weighted by Gasteiger charge is -2.25. The number of esters is 1. The number of ether oxygens (including phenoxy) is 1. The predicted octanol–water partition coefficient (Wildman–Crippen LogP) is 4.26. The summed E-state index contributed by atoms with van der Waals surface area (Å²) in [5, 5.41) is 0.831. The molecule has 0 aliphatic rings. The summed E-state index contributed by atoms with van der Waals surface area (Å²) in [6.07, 6.45) is 0.814. The van der Waals surface area contributed by atoms with E-state index in [1.165, 1.54) is 0 Å². The first-order chi connectivity index (χ1) is 11.9. The fourth-order valence-electron chi connectivity index (χ4n) is 2.83. The van der Waals surface area contributed by atoms with Crippen molar-refractivity contribution in [2.45, 2.75) is 32.3 Å². The smallest absolute Gasteiger partial charge is 0.316 e. The number of aromatic nitrogens is 1. The molecule has 0 bridgehead atoms. The van der Waals surface area contributed by atoms with Crippen LogP contribution < -0.4 is 0 Å². The highest BCUT2D eigenvalue weighted by Gasteiger charge is 2.34. The minimum absolute atomic E-state index is 0.213. The monoisotopic (exact) mass is 335 g/mol. The third-order valence-corrected chi connectivity index (χ3v) is 4.51. The maximum atomic E-state index is 12.7. The molecule has 1 N–H and O–H groups in total. The van der Waals surface area contributed by atoms with Crippen LogP contribution >= 0.6 is 0 Å². The van der Waals surface area contributed by atoms with E-state index in [0.717, 1.165) is 16.5 Å². The van der Waals surface area contributed by atoms with Crippen LogP contribution in [0.15, 0.2) is 60.8 Å². The van der Waals surface area contributed by atoms with Gasteiger partial charge in [0.1, 0.15) is 0 Å². The second-order valence-electron chi connectivity index (χ2n) is 6.65. The Kier molecular flexibility index (Phi) is 4.45. The van der Waals surface area contributed by atoms with Gasteiger partial charge in [0, 0.05) is 22.7 Å². The largest absolute Gasteiger partial charge is 0.454 e. The highest BCUT2D eigenvalue weighted by molar-refractivity contribution is 6.10. The summed E-state index contributed by atoms with van der Waals surface area (Å²) in [5.74, 6) is -0.631. The lowest BCUT2D eigenvalue weighted by atomic mass is 9.85. The first-order valence-electron chi connectivity index (χ1n) is 8.28. The molecule has 0 amide bonds. The van der Waals surface area contributed by atoms with E-state index < -0.39 is 17.5 Å². The first kappa shape index (κ1) is 17.0. The lowest BCUT2D eigenvalue weighted by molar-refractivity contribution is -0.152. The van der Waals surface area contributed by atoms with Gasteiger partial charge in [0.05, 0.1) is 5.41 Å². The minimum Gasteiger partial charge on any atom is -0.454 e. The molecular weight excluding hydrogens is 314 g/mol. The number of hydrogen-bond donors (Lipinski definition) is 1. The number of fused-ring (bicyclic) bond motifs is 1. The van der Waals surface area contributed by atoms with E-state index in [9.17, 15) is 9.59 Å². The van der Waals surface area contributed by atoms with E-state index in [1.807, 2.05) is 54.6 Å². The van der Waals surface area contributed by atoms with Crippen LogP contribution in [0.4, 0.5) is 0 Å². The Hall–Kier alpha value is -2.88. The van der Waals surface area contributed by atoms with Crippen LogP contribution in [-0.4, -0.2) is 22.8 Å². The van der Waals surface area contributed by atoms with Crippen molar-refractivity contribution in [1.82, 2.24) is 4.98 Å². The zero-order chi connectivity index (χ0) is 18.0. The molecule has 0 aliphatic heterocycles. The molecule has 3 aromatic rings. The van der Waals surface area contributed by atoms with Crippen LogP contribution in [0.25, 0.3) is 10.9 Å². The number of hydrogen-bond acceptors (Lipinski definition) is 3. The predicted molar refractivity (Wildman–Crippen MR) is 97.7 cm³/mol. The third kappa shape index (κ3) is 3.20. The molecule has 1 heterocycles. The molecule has 0 fully saturated rings. The Balaban J connectivity index is 1.78. The Morgan fingerprint density at radius 3 is 2.36 bits per heavy atom. The minimum atomic E-state index is -0.852. The van der Waals surface area contributed by atoms with Crippen LogP contribution in [0.5, 0.6) is 0 Å². The molecule has 0 saturated carbocycles. The van der Waals surface area contributed by atoms with E-state index in [1.54, 1.807) is 27.0 Å². The van der Waals surface area contributed by atoms with Gasteiger partial charge in [0.2, 0.25) is 5.78 Å². The average molecular weight is 335 g/mol. The van der Waals surface area contributed by atoms with Gasteiger partial charge in [-0.05, 0) is 32.4 Å². The summed E-state index contributed by atoms with van der Waals surface area (Å²) in [4.78, 5) is 28.4. The number of para-hydroxylation sites is 1. The molecular formula is C21H21NO3. The van der Waals surface area contributed by atoms with Crippen LogP contribution in [0.1, 0.15) is 36.7 Å². The van der Waals surface area contributed by atoms with Crippen molar-refractivity contribution in [1.29, 1.82) is 0 Å². The van der Waals surface area contributed by atoms with Gasteiger partial charge in [-0.15, -0.1) is 0 Å². The molecule has 1 atom stereocenters. The molecule has 0 spiro atoms. The number of benzene rings is 2. The number of nitrogens with one attached hydrogen (secondary N) is 1. The number of carbonyl (C=O) groups is 2. The standard InChI is InChI=1S/C21H21NO3/c1-14(19(23)17-13-22-18-12-8-7-11-16(17)18)25-20(24)21(2,3)15-9-5-4-6-10-15/h4-14,22H,1-3H3/t14-/m1/s1. The molecule has 3 rings (SSSR count). The summed E-state index contributed by atoms with van der Waals surface area (Å²) in [6, 6.07) is 17.0. The molecule has 0 unspecified atom stereocenters. The van der Waals surface area contributed by atoms with Crippen molar-refractivity contribution >= 4 is 22.7 Å². The van der Waals surface area contributed by atoms with Gasteiger partial charge in [-0.1, -0.05) is 48.5 Å². The normalized spacial score (nSPS) is 12.8. The fourth-order valence-corrected chi connectivity index (χ4v) is 2.83. The number of Topliss-reactive ketones (excluding diaryl/α,β-unsaturated/α-hetero) is 1. The average Bonchev–Trinajstić information content (AvgIpc) is 3.05. The quantitative estimate of drug-likeness (QED) is 0.560. The Labute approximate surface area is 146 Å². The summed E-state index contributed by atoms with van der Waals surface area (Å²) in [6.45, 7) is 5.21. The van der Waals surface area contributed by atoms with Gasteiger partial charge < -0.3 is 9.72 Å². The Morgan fingerprint density at radius 1 is 1.00 bits per heavy atom. The van der Waals surface area contributed by atoms with Crippen molar-refractivity contribution < 1.29 is 14.3 Å². The summed E-state index contributed by atoms with van der Waals surface area (Å²) in [5.41, 5.74) is 1.45. The molecule has 0 aliphatic carbocycles. The topological polar surface area (TPSA) is 59.2 Å². The van der Waals surface area contributed by atoms with Crippen LogP contribution in [0, 0.1) is 0 Å². The molecule has 128 valence electrons. The maximum absolute atomic E-state index is 12.7. The zero-order valence-electron chi connectivity index (χ0n) is 14.6. The Bertz CT molecular complexity index is 909. The van der Waals surface area contributed by atoms with Crippen molar-refractivity contribution in [3.63, 3.8) is 0 Å². The maximum Gasteiger partial charge on any atom is 0.316 e. The number of aromatic amines is 1. The molecule has 4 heteroatoms. The Morgan fingerprint density at radius 2 is 1.64 bits per heavy atom. The molecule has 0 radical (unpaired) electrons. The van der Waals surface area contributed by atoms with E-state index in [0.29, 0.717) is 5.56 Å². The third-order valence-electron chi connectivity index (χ3n) is 4.51. The molecule has 25 heavy (non-hydrogen) atoms. The van der Waals surface area contributed by atoms with E-state index in [-0.39, 0.29) is 5.78 Å². The number of ketones is 1. The van der Waals surface area contributed by atoms with Crippen molar-refractivity contribution in [2.75, 3.05) is 0 Å². The SMILES string of the molecule is C[C@@H](OC(=O)C(C)(C)c1ccccc1)C(=O)c1c[nH]c2ccccc12. The number of rotatable bonds is 5. The fraction of sp³-hybridized carbons (Fsp3) is 0.238. The first-order valence-corrected chi connectivity index (χ1v) is 8.28. The number of H-pyrrole nitrogens is 1. The summed E-state index contributed by atoms with van der Waals surface area (Å²) >= 11 is 0. The van der Waals surface area contributed by atoms with Crippen LogP contribution in [0.2, 0.25) is 0 Å². The van der Waals surface area contributed by atoms with Crippen LogP contribution in [0.3, 0.4) is 0 Å². The molecule has 2 aromatic carbocycles. The van der Waals surface area contributed by atoms with Gasteiger partial charge in [-0.2, -0.15) is 0 Å². The van der Waals surface area contributed by atoms with Crippen molar-refractivity contribution in [3.8, 4) is 0 Å². The summed E-state index contributed by atoms with van der Waals surface area (Å²) < 4.78 is 5.50.